The van der Waals surface area contributed by atoms with Gasteiger partial charge in [0.25, 0.3) is 0 Å². The molecule has 1 aromatic heterocycles. The summed E-state index contributed by atoms with van der Waals surface area (Å²) in [4.78, 5) is 6.74. The maximum absolute atomic E-state index is 5.92. The predicted molar refractivity (Wildman–Crippen MR) is 72.3 cm³/mol. The van der Waals surface area contributed by atoms with Gasteiger partial charge in [-0.1, -0.05) is 6.92 Å². The van der Waals surface area contributed by atoms with E-state index in [4.69, 9.17) is 10.5 Å². The first kappa shape index (κ1) is 14.6. The van der Waals surface area contributed by atoms with Gasteiger partial charge in [-0.3, -0.25) is 4.90 Å². The number of rotatable bonds is 7. The van der Waals surface area contributed by atoms with Crippen LogP contribution in [0, 0.1) is 6.92 Å². The Labute approximate surface area is 108 Å². The Bertz CT molecular complexity index is 336. The molecule has 1 rings (SSSR count). The third-order valence-corrected chi connectivity index (χ3v) is 4.15. The quantitative estimate of drug-likeness (QED) is 0.807. The van der Waals surface area contributed by atoms with Crippen LogP contribution in [0.15, 0.2) is 5.38 Å². The lowest BCUT2D eigenvalue weighted by molar-refractivity contribution is 0.0228. The van der Waals surface area contributed by atoms with Gasteiger partial charge in [0.05, 0.1) is 22.8 Å². The van der Waals surface area contributed by atoms with Crippen LogP contribution in [0.25, 0.3) is 0 Å². The molecule has 1 atom stereocenters. The number of likely N-dealkylation sites (N-methyl/N-ethyl adjacent to an activating group) is 1. The lowest BCUT2D eigenvalue weighted by Gasteiger charge is -2.39. The lowest BCUT2D eigenvalue weighted by Crippen LogP contribution is -2.54. The molecular formula is C12H23N3OS. The molecule has 1 heterocycles. The van der Waals surface area contributed by atoms with E-state index in [9.17, 15) is 0 Å². The van der Waals surface area contributed by atoms with Crippen LogP contribution in [0.2, 0.25) is 0 Å². The number of nitrogens with zero attached hydrogens (tertiary/aromatic N) is 2. The maximum Gasteiger partial charge on any atom is 0.0897 e. The number of methoxy groups -OCH3 is 1. The maximum atomic E-state index is 5.92. The van der Waals surface area contributed by atoms with E-state index < -0.39 is 0 Å². The van der Waals surface area contributed by atoms with Gasteiger partial charge < -0.3 is 10.5 Å². The van der Waals surface area contributed by atoms with E-state index in [-0.39, 0.29) is 5.54 Å². The molecule has 0 radical (unpaired) electrons. The Morgan fingerprint density at radius 3 is 2.71 bits per heavy atom. The van der Waals surface area contributed by atoms with Gasteiger partial charge in [0.1, 0.15) is 0 Å². The van der Waals surface area contributed by atoms with E-state index in [1.165, 1.54) is 0 Å². The highest BCUT2D eigenvalue weighted by atomic mass is 32.1. The molecule has 0 aromatic carbocycles. The van der Waals surface area contributed by atoms with E-state index >= 15 is 0 Å². The minimum Gasteiger partial charge on any atom is -0.383 e. The molecule has 0 bridgehead atoms. The second-order valence-electron chi connectivity index (χ2n) is 4.43. The number of aromatic nitrogens is 1. The second-order valence-corrected chi connectivity index (χ2v) is 5.49. The van der Waals surface area contributed by atoms with Crippen LogP contribution >= 0.6 is 11.3 Å². The Balaban J connectivity index is 2.74. The van der Waals surface area contributed by atoms with Crippen LogP contribution in [-0.2, 0) is 11.3 Å². The third-order valence-electron chi connectivity index (χ3n) is 3.33. The molecule has 5 heteroatoms. The van der Waals surface area contributed by atoms with Crippen LogP contribution in [0.1, 0.15) is 24.0 Å². The minimum absolute atomic E-state index is 0.0910. The van der Waals surface area contributed by atoms with Gasteiger partial charge in [0.2, 0.25) is 0 Å². The number of hydrogen-bond donors (Lipinski definition) is 1. The summed E-state index contributed by atoms with van der Waals surface area (Å²) in [5.74, 6) is 0. The van der Waals surface area contributed by atoms with Gasteiger partial charge in [0.15, 0.2) is 0 Å². The Morgan fingerprint density at radius 1 is 1.59 bits per heavy atom. The average molecular weight is 257 g/mol. The molecule has 2 N–H and O–H groups in total. The van der Waals surface area contributed by atoms with Crippen LogP contribution < -0.4 is 5.73 Å². The SMILES string of the molecule is CCC(CN)(COC)N(C)Cc1csc(C)n1. The number of ether oxygens (including phenoxy) is 1. The number of aryl methyl sites for hydroxylation is 1. The van der Waals surface area contributed by atoms with Gasteiger partial charge in [-0.05, 0) is 20.4 Å². The monoisotopic (exact) mass is 257 g/mol. The molecule has 0 amide bonds. The summed E-state index contributed by atoms with van der Waals surface area (Å²) in [6, 6.07) is 0. The zero-order valence-electron chi connectivity index (χ0n) is 11.2. The molecule has 1 aromatic rings. The number of thiazole rings is 1. The minimum atomic E-state index is -0.0910. The van der Waals surface area contributed by atoms with Crippen molar-refractivity contribution in [2.75, 3.05) is 27.3 Å². The lowest BCUT2D eigenvalue weighted by atomic mass is 9.95. The van der Waals surface area contributed by atoms with E-state index in [0.29, 0.717) is 13.2 Å². The van der Waals surface area contributed by atoms with Crippen molar-refractivity contribution in [3.63, 3.8) is 0 Å². The first-order valence-electron chi connectivity index (χ1n) is 5.89. The molecule has 17 heavy (non-hydrogen) atoms. The van der Waals surface area contributed by atoms with Crippen LogP contribution in [-0.4, -0.2) is 42.7 Å². The zero-order chi connectivity index (χ0) is 12.9. The molecule has 0 spiro atoms. The molecule has 98 valence electrons. The molecular weight excluding hydrogens is 234 g/mol. The highest BCUT2D eigenvalue weighted by Crippen LogP contribution is 2.21. The van der Waals surface area contributed by atoms with Gasteiger partial charge in [0, 0.05) is 25.6 Å². The van der Waals surface area contributed by atoms with E-state index in [1.807, 2.05) is 6.92 Å². The summed E-state index contributed by atoms with van der Waals surface area (Å²) in [5, 5.41) is 3.21. The van der Waals surface area contributed by atoms with Crippen LogP contribution in [0.5, 0.6) is 0 Å². The molecule has 1 unspecified atom stereocenters. The zero-order valence-corrected chi connectivity index (χ0v) is 12.0. The van der Waals surface area contributed by atoms with Crippen molar-refractivity contribution in [1.82, 2.24) is 9.88 Å². The molecule has 0 aliphatic heterocycles. The van der Waals surface area contributed by atoms with Gasteiger partial charge in [-0.25, -0.2) is 4.98 Å². The summed E-state index contributed by atoms with van der Waals surface area (Å²) in [6.07, 6.45) is 0.969. The van der Waals surface area contributed by atoms with Crippen molar-refractivity contribution in [3.8, 4) is 0 Å². The van der Waals surface area contributed by atoms with Crippen molar-refractivity contribution in [2.24, 2.45) is 5.73 Å². The number of hydrogen-bond acceptors (Lipinski definition) is 5. The fourth-order valence-electron chi connectivity index (χ4n) is 2.00. The summed E-state index contributed by atoms with van der Waals surface area (Å²) in [7, 11) is 3.81. The van der Waals surface area contributed by atoms with Crippen molar-refractivity contribution in [1.29, 1.82) is 0 Å². The largest absolute Gasteiger partial charge is 0.383 e. The summed E-state index contributed by atoms with van der Waals surface area (Å²) in [6.45, 7) is 6.24. The van der Waals surface area contributed by atoms with E-state index in [2.05, 4.69) is 29.2 Å². The smallest absolute Gasteiger partial charge is 0.0897 e. The van der Waals surface area contributed by atoms with E-state index in [0.717, 1.165) is 23.7 Å². The Morgan fingerprint density at radius 2 is 2.29 bits per heavy atom. The van der Waals surface area contributed by atoms with Gasteiger partial charge >= 0.3 is 0 Å². The molecule has 0 saturated heterocycles. The second kappa shape index (κ2) is 6.44. The van der Waals surface area contributed by atoms with Crippen LogP contribution in [0.4, 0.5) is 0 Å². The summed E-state index contributed by atoms with van der Waals surface area (Å²) < 4.78 is 5.31. The summed E-state index contributed by atoms with van der Waals surface area (Å²) >= 11 is 1.69. The fourth-order valence-corrected chi connectivity index (χ4v) is 2.61. The molecule has 4 nitrogen and oxygen atoms in total. The number of nitrogens with two attached hydrogens (primary N) is 1. The average Bonchev–Trinajstić information content (AvgIpc) is 2.71. The van der Waals surface area contributed by atoms with Crippen molar-refractivity contribution in [3.05, 3.63) is 16.1 Å². The first-order chi connectivity index (χ1) is 8.07. The molecule has 0 saturated carbocycles. The van der Waals surface area contributed by atoms with E-state index in [1.54, 1.807) is 18.4 Å². The molecule has 0 aliphatic carbocycles. The molecule has 0 fully saturated rings. The third kappa shape index (κ3) is 3.48. The van der Waals surface area contributed by atoms with Crippen molar-refractivity contribution < 1.29 is 4.74 Å². The van der Waals surface area contributed by atoms with Crippen molar-refractivity contribution in [2.45, 2.75) is 32.4 Å². The summed E-state index contributed by atoms with van der Waals surface area (Å²) in [5.41, 5.74) is 6.94. The van der Waals surface area contributed by atoms with Crippen LogP contribution in [0.3, 0.4) is 0 Å². The fraction of sp³-hybridized carbons (Fsp3) is 0.750. The molecule has 0 aliphatic rings. The first-order valence-corrected chi connectivity index (χ1v) is 6.77. The normalized spacial score (nSPS) is 15.2. The Kier molecular flexibility index (Phi) is 5.52. The predicted octanol–water partition coefficient (Wildman–Crippen LogP) is 1.64. The Hall–Kier alpha value is -0.490. The highest BCUT2D eigenvalue weighted by molar-refractivity contribution is 7.09. The van der Waals surface area contributed by atoms with Crippen molar-refractivity contribution >= 4 is 11.3 Å². The highest BCUT2D eigenvalue weighted by Gasteiger charge is 2.31. The standard InChI is InChI=1S/C12H23N3OS/c1-5-12(8-13,9-16-4)15(3)6-11-7-17-10(2)14-11/h7H,5-6,8-9,13H2,1-4H3. The van der Waals surface area contributed by atoms with Gasteiger partial charge in [-0.2, -0.15) is 0 Å². The van der Waals surface area contributed by atoms with Gasteiger partial charge in [-0.15, -0.1) is 11.3 Å². The topological polar surface area (TPSA) is 51.4 Å².